The zero-order valence-electron chi connectivity index (χ0n) is 9.35. The van der Waals surface area contributed by atoms with Crippen LogP contribution in [-0.4, -0.2) is 22.0 Å². The van der Waals surface area contributed by atoms with E-state index >= 15 is 0 Å². The third-order valence-electron chi connectivity index (χ3n) is 2.81. The van der Waals surface area contributed by atoms with Gasteiger partial charge in [-0.25, -0.2) is 0 Å². The van der Waals surface area contributed by atoms with Crippen LogP contribution < -0.4 is 4.74 Å². The summed E-state index contributed by atoms with van der Waals surface area (Å²) in [4.78, 5) is 12.6. The summed E-state index contributed by atoms with van der Waals surface area (Å²) in [7, 11) is 0. The molecule has 3 rings (SSSR count). The molecule has 0 bridgehead atoms. The molecular formula is C12H9ClN2O2S. The van der Waals surface area contributed by atoms with Crippen molar-refractivity contribution in [3.63, 3.8) is 0 Å². The fourth-order valence-corrected chi connectivity index (χ4v) is 2.74. The van der Waals surface area contributed by atoms with Crippen LogP contribution in [0.3, 0.4) is 0 Å². The molecule has 0 spiro atoms. The summed E-state index contributed by atoms with van der Waals surface area (Å²) in [5.74, 6) is 0.801. The van der Waals surface area contributed by atoms with Gasteiger partial charge in [0, 0.05) is 23.4 Å². The summed E-state index contributed by atoms with van der Waals surface area (Å²) >= 11 is 7.15. The van der Waals surface area contributed by atoms with Crippen molar-refractivity contribution in [1.29, 1.82) is 0 Å². The van der Waals surface area contributed by atoms with Gasteiger partial charge in [-0.2, -0.15) is 0 Å². The summed E-state index contributed by atoms with van der Waals surface area (Å²) in [5, 5.41) is 4.31. The van der Waals surface area contributed by atoms with Gasteiger partial charge in [0.2, 0.25) is 0 Å². The molecule has 92 valence electrons. The summed E-state index contributed by atoms with van der Waals surface area (Å²) in [6, 6.07) is 3.68. The number of ether oxygens (including phenoxy) is 1. The number of aromatic nitrogens is 2. The number of fused-ring (bicyclic) bond motifs is 1. The second kappa shape index (κ2) is 4.66. The number of hydrogen-bond donors (Lipinski definition) is 0. The molecule has 0 saturated heterocycles. The highest BCUT2D eigenvalue weighted by molar-refractivity contribution is 7.07. The Hall–Kier alpha value is -1.46. The molecule has 0 radical (unpaired) electrons. The topological polar surface area (TPSA) is 52.1 Å². The second-order valence-electron chi connectivity index (χ2n) is 4.03. The fourth-order valence-electron chi connectivity index (χ4n) is 2.03. The lowest BCUT2D eigenvalue weighted by molar-refractivity contribution is 0.0995. The van der Waals surface area contributed by atoms with Gasteiger partial charge in [0.15, 0.2) is 5.78 Å². The van der Waals surface area contributed by atoms with E-state index in [1.54, 1.807) is 6.07 Å². The van der Waals surface area contributed by atoms with E-state index < -0.39 is 0 Å². The molecule has 6 heteroatoms. The molecule has 1 aromatic heterocycles. The van der Waals surface area contributed by atoms with Crippen molar-refractivity contribution in [2.75, 3.05) is 6.61 Å². The van der Waals surface area contributed by atoms with E-state index in [9.17, 15) is 4.79 Å². The molecule has 0 aliphatic carbocycles. The molecule has 2 aromatic rings. The quantitative estimate of drug-likeness (QED) is 0.811. The zero-order chi connectivity index (χ0) is 12.5. The van der Waals surface area contributed by atoms with Crippen LogP contribution in [0.5, 0.6) is 5.75 Å². The van der Waals surface area contributed by atoms with Crippen LogP contribution in [0, 0.1) is 0 Å². The number of carbonyl (C=O) groups is 1. The van der Waals surface area contributed by atoms with Crippen LogP contribution in [0.2, 0.25) is 5.02 Å². The lowest BCUT2D eigenvalue weighted by atomic mass is 10.0. The second-order valence-corrected chi connectivity index (χ2v) is 5.26. The minimum atomic E-state index is -0.00929. The van der Waals surface area contributed by atoms with Gasteiger partial charge in [0.05, 0.1) is 12.8 Å². The standard InChI is InChI=1S/C12H9ClN2O2S/c13-9-3-7-1-2-17-12(7)8(4-9)5-10(16)11-6-14-15-18-11/h3-4,6H,1-2,5H2. The maximum atomic E-state index is 12.0. The molecule has 1 aliphatic heterocycles. The predicted octanol–water partition coefficient (Wildman–Crippen LogP) is 2.55. The van der Waals surface area contributed by atoms with Gasteiger partial charge in [-0.05, 0) is 29.2 Å². The van der Waals surface area contributed by atoms with Gasteiger partial charge < -0.3 is 4.74 Å². The first-order valence-electron chi connectivity index (χ1n) is 5.48. The Bertz CT molecular complexity index is 598. The maximum absolute atomic E-state index is 12.0. The number of nitrogens with zero attached hydrogens (tertiary/aromatic N) is 2. The SMILES string of the molecule is O=C(Cc1cc(Cl)cc2c1OCC2)c1cnns1. The Morgan fingerprint density at radius 3 is 3.17 bits per heavy atom. The third kappa shape index (κ3) is 2.11. The number of benzene rings is 1. The third-order valence-corrected chi connectivity index (χ3v) is 3.74. The molecule has 0 amide bonds. The van der Waals surface area contributed by atoms with Crippen molar-refractivity contribution in [3.8, 4) is 5.75 Å². The van der Waals surface area contributed by atoms with Gasteiger partial charge >= 0.3 is 0 Å². The minimum Gasteiger partial charge on any atom is -0.493 e. The minimum absolute atomic E-state index is 0.00929. The summed E-state index contributed by atoms with van der Waals surface area (Å²) in [6.45, 7) is 0.652. The fraction of sp³-hybridized carbons (Fsp3) is 0.250. The first kappa shape index (κ1) is 11.6. The van der Waals surface area contributed by atoms with Crippen molar-refractivity contribution < 1.29 is 9.53 Å². The Kier molecular flexibility index (Phi) is 3.01. The van der Waals surface area contributed by atoms with Crippen molar-refractivity contribution in [3.05, 3.63) is 39.4 Å². The highest BCUT2D eigenvalue weighted by Gasteiger charge is 2.20. The zero-order valence-corrected chi connectivity index (χ0v) is 10.9. The lowest BCUT2D eigenvalue weighted by Crippen LogP contribution is -2.03. The van der Waals surface area contributed by atoms with Crippen LogP contribution in [-0.2, 0) is 12.8 Å². The smallest absolute Gasteiger partial charge is 0.180 e. The Balaban J connectivity index is 1.91. The van der Waals surface area contributed by atoms with E-state index in [1.165, 1.54) is 6.20 Å². The van der Waals surface area contributed by atoms with Gasteiger partial charge in [0.25, 0.3) is 0 Å². The number of Topliss-reactive ketones (excluding diaryl/α,β-unsaturated/α-hetero) is 1. The van der Waals surface area contributed by atoms with Crippen LogP contribution in [0.15, 0.2) is 18.3 Å². The van der Waals surface area contributed by atoms with E-state index in [2.05, 4.69) is 9.59 Å². The highest BCUT2D eigenvalue weighted by Crippen LogP contribution is 2.33. The largest absolute Gasteiger partial charge is 0.493 e. The molecule has 4 nitrogen and oxygen atoms in total. The van der Waals surface area contributed by atoms with Gasteiger partial charge in [-0.15, -0.1) is 5.10 Å². The van der Waals surface area contributed by atoms with E-state index in [-0.39, 0.29) is 12.2 Å². The van der Waals surface area contributed by atoms with E-state index in [1.807, 2.05) is 6.07 Å². The van der Waals surface area contributed by atoms with E-state index in [4.69, 9.17) is 16.3 Å². The van der Waals surface area contributed by atoms with E-state index in [0.717, 1.165) is 34.8 Å². The molecule has 1 aromatic carbocycles. The Morgan fingerprint density at radius 2 is 2.39 bits per heavy atom. The maximum Gasteiger partial charge on any atom is 0.180 e. The lowest BCUT2D eigenvalue weighted by Gasteiger charge is -2.07. The molecule has 0 N–H and O–H groups in total. The number of ketones is 1. The van der Waals surface area contributed by atoms with Crippen molar-refractivity contribution >= 4 is 28.9 Å². The predicted molar refractivity (Wildman–Crippen MR) is 68.6 cm³/mol. The summed E-state index contributed by atoms with van der Waals surface area (Å²) in [6.07, 6.45) is 2.60. The first-order valence-corrected chi connectivity index (χ1v) is 6.64. The molecule has 18 heavy (non-hydrogen) atoms. The molecular weight excluding hydrogens is 272 g/mol. The van der Waals surface area contributed by atoms with Gasteiger partial charge in [-0.3, -0.25) is 4.79 Å². The molecule has 2 heterocycles. The Labute approximate surface area is 113 Å². The monoisotopic (exact) mass is 280 g/mol. The molecule has 0 unspecified atom stereocenters. The summed E-state index contributed by atoms with van der Waals surface area (Å²) in [5.41, 5.74) is 1.92. The molecule has 0 fully saturated rings. The van der Waals surface area contributed by atoms with Crippen molar-refractivity contribution in [2.45, 2.75) is 12.8 Å². The molecule has 0 atom stereocenters. The number of halogens is 1. The average Bonchev–Trinajstić information content (AvgIpc) is 2.98. The number of hydrogen-bond acceptors (Lipinski definition) is 5. The average molecular weight is 281 g/mol. The van der Waals surface area contributed by atoms with Crippen LogP contribution in [0.25, 0.3) is 0 Å². The molecule has 0 saturated carbocycles. The van der Waals surface area contributed by atoms with E-state index in [0.29, 0.717) is 16.5 Å². The van der Waals surface area contributed by atoms with Gasteiger partial charge in [0.1, 0.15) is 10.6 Å². The number of rotatable bonds is 3. The van der Waals surface area contributed by atoms with Crippen LogP contribution >= 0.6 is 23.1 Å². The van der Waals surface area contributed by atoms with Crippen LogP contribution in [0.1, 0.15) is 20.8 Å². The van der Waals surface area contributed by atoms with Crippen molar-refractivity contribution in [1.82, 2.24) is 9.59 Å². The van der Waals surface area contributed by atoms with Crippen LogP contribution in [0.4, 0.5) is 0 Å². The molecule has 1 aliphatic rings. The number of carbonyl (C=O) groups excluding carboxylic acids is 1. The Morgan fingerprint density at radius 1 is 1.50 bits per heavy atom. The van der Waals surface area contributed by atoms with Gasteiger partial charge in [-0.1, -0.05) is 16.1 Å². The first-order chi connectivity index (χ1) is 8.74. The highest BCUT2D eigenvalue weighted by atomic mass is 35.5. The summed E-state index contributed by atoms with van der Waals surface area (Å²) < 4.78 is 9.25. The van der Waals surface area contributed by atoms with Crippen molar-refractivity contribution in [2.24, 2.45) is 0 Å². The normalized spacial score (nSPS) is 13.2.